The molecule has 4 aromatic rings. The fourth-order valence-electron chi connectivity index (χ4n) is 4.83. The van der Waals surface area contributed by atoms with Gasteiger partial charge < -0.3 is 9.64 Å². The molecule has 0 atom stereocenters. The Hall–Kier alpha value is -3.07. The zero-order valence-corrected chi connectivity index (χ0v) is 20.3. The lowest BCUT2D eigenvalue weighted by molar-refractivity contribution is 0.0394. The molecular weight excluding hydrogens is 444 g/mol. The third kappa shape index (κ3) is 3.91. The van der Waals surface area contributed by atoms with Crippen LogP contribution in [0.4, 0.5) is 11.4 Å². The molecule has 0 spiro atoms. The zero-order chi connectivity index (χ0) is 23.1. The summed E-state index contributed by atoms with van der Waals surface area (Å²) in [6, 6.07) is 17.7. The molecule has 34 heavy (non-hydrogen) atoms. The van der Waals surface area contributed by atoms with Gasteiger partial charge in [0, 0.05) is 73.6 Å². The number of aromatic nitrogens is 4. The van der Waals surface area contributed by atoms with Crippen LogP contribution in [0.25, 0.3) is 22.5 Å². The number of aryl methyl sites for hydroxylation is 2. The van der Waals surface area contributed by atoms with E-state index in [-0.39, 0.29) is 0 Å². The third-order valence-corrected chi connectivity index (χ3v) is 7.79. The van der Waals surface area contributed by atoms with Gasteiger partial charge in [0.25, 0.3) is 0 Å². The quantitative estimate of drug-likeness (QED) is 0.429. The Bertz CT molecular complexity index is 1230. The predicted octanol–water partition coefficient (Wildman–Crippen LogP) is 4.42. The van der Waals surface area contributed by atoms with Gasteiger partial charge in [0.15, 0.2) is 0 Å². The normalized spacial score (nSPS) is 15.9. The van der Waals surface area contributed by atoms with Crippen molar-refractivity contribution in [1.29, 1.82) is 0 Å². The lowest BCUT2D eigenvalue weighted by Crippen LogP contribution is -2.41. The van der Waals surface area contributed by atoms with Crippen molar-refractivity contribution in [2.45, 2.75) is 9.79 Å². The second-order valence-corrected chi connectivity index (χ2v) is 9.84. The van der Waals surface area contributed by atoms with Crippen LogP contribution < -0.4 is 4.90 Å². The standard InChI is InChI=1S/C26H28N6OS/c1-29-21(7-9-27-29)19-3-5-23-25(17-19)34-26-18-20(22-8-10-28-30(22)2)4-6-24(26)32(23)12-11-31-13-15-33-16-14-31/h3-10,17-18H,11-16H2,1-2H3. The van der Waals surface area contributed by atoms with E-state index in [0.29, 0.717) is 0 Å². The van der Waals surface area contributed by atoms with Crippen molar-refractivity contribution in [2.75, 3.05) is 44.3 Å². The lowest BCUT2D eigenvalue weighted by Gasteiger charge is -2.36. The molecule has 4 heterocycles. The molecule has 2 aliphatic rings. The molecule has 2 aliphatic heterocycles. The SMILES string of the molecule is Cn1nccc1-c1ccc2c(c1)Sc1cc(-c3ccnn3C)ccc1N2CCN1CCOCC1. The van der Waals surface area contributed by atoms with Gasteiger partial charge in [0.1, 0.15) is 0 Å². The molecule has 7 nitrogen and oxygen atoms in total. The van der Waals surface area contributed by atoms with E-state index >= 15 is 0 Å². The molecule has 0 aliphatic carbocycles. The fraction of sp³-hybridized carbons (Fsp3) is 0.308. The van der Waals surface area contributed by atoms with Crippen LogP contribution in [0.1, 0.15) is 0 Å². The summed E-state index contributed by atoms with van der Waals surface area (Å²) in [7, 11) is 3.98. The van der Waals surface area contributed by atoms with Gasteiger partial charge in [0.05, 0.1) is 36.0 Å². The van der Waals surface area contributed by atoms with Gasteiger partial charge in [-0.2, -0.15) is 10.2 Å². The van der Waals surface area contributed by atoms with E-state index in [1.165, 1.54) is 32.3 Å². The molecule has 1 fully saturated rings. The Morgan fingerprint density at radius 3 is 1.82 bits per heavy atom. The van der Waals surface area contributed by atoms with E-state index in [4.69, 9.17) is 4.74 Å². The van der Waals surface area contributed by atoms with Crippen molar-refractivity contribution in [3.05, 3.63) is 60.9 Å². The second-order valence-electron chi connectivity index (χ2n) is 8.75. The van der Waals surface area contributed by atoms with Gasteiger partial charge in [0.2, 0.25) is 0 Å². The Balaban J connectivity index is 1.39. The average Bonchev–Trinajstić information content (AvgIpc) is 3.49. The summed E-state index contributed by atoms with van der Waals surface area (Å²) in [6.45, 7) is 5.61. The fourth-order valence-corrected chi connectivity index (χ4v) is 6.00. The van der Waals surface area contributed by atoms with Crippen LogP contribution in [0.5, 0.6) is 0 Å². The summed E-state index contributed by atoms with van der Waals surface area (Å²) >= 11 is 1.85. The second kappa shape index (κ2) is 8.94. The van der Waals surface area contributed by atoms with Crippen LogP contribution in [0.15, 0.2) is 70.7 Å². The van der Waals surface area contributed by atoms with E-state index in [2.05, 4.69) is 68.5 Å². The average molecular weight is 473 g/mol. The minimum Gasteiger partial charge on any atom is -0.379 e. The monoisotopic (exact) mass is 472 g/mol. The summed E-state index contributed by atoms with van der Waals surface area (Å²) in [5, 5.41) is 8.72. The first-order valence-electron chi connectivity index (χ1n) is 11.7. The van der Waals surface area contributed by atoms with Crippen molar-refractivity contribution in [3.8, 4) is 22.5 Å². The number of fused-ring (bicyclic) bond motifs is 2. The van der Waals surface area contributed by atoms with Crippen molar-refractivity contribution in [1.82, 2.24) is 24.5 Å². The van der Waals surface area contributed by atoms with Gasteiger partial charge in [-0.25, -0.2) is 0 Å². The van der Waals surface area contributed by atoms with Gasteiger partial charge in [-0.15, -0.1) is 0 Å². The molecule has 0 amide bonds. The van der Waals surface area contributed by atoms with Crippen LogP contribution in [-0.4, -0.2) is 63.9 Å². The summed E-state index contributed by atoms with van der Waals surface area (Å²) in [6.07, 6.45) is 3.71. The van der Waals surface area contributed by atoms with Gasteiger partial charge in [-0.1, -0.05) is 23.9 Å². The summed E-state index contributed by atoms with van der Waals surface area (Å²) in [5.41, 5.74) is 7.15. The van der Waals surface area contributed by atoms with Gasteiger partial charge in [-0.05, 0) is 36.4 Å². The first-order valence-corrected chi connectivity index (χ1v) is 12.5. The predicted molar refractivity (Wildman–Crippen MR) is 136 cm³/mol. The van der Waals surface area contributed by atoms with Crippen molar-refractivity contribution in [2.24, 2.45) is 14.1 Å². The van der Waals surface area contributed by atoms with Crippen LogP contribution in [0.2, 0.25) is 0 Å². The highest BCUT2D eigenvalue weighted by atomic mass is 32.2. The number of ether oxygens (including phenoxy) is 1. The molecule has 0 radical (unpaired) electrons. The number of anilines is 2. The number of hydrogen-bond acceptors (Lipinski definition) is 6. The molecule has 0 bridgehead atoms. The van der Waals surface area contributed by atoms with Crippen LogP contribution >= 0.6 is 11.8 Å². The van der Waals surface area contributed by atoms with Gasteiger partial charge >= 0.3 is 0 Å². The number of benzene rings is 2. The van der Waals surface area contributed by atoms with Crippen molar-refractivity contribution in [3.63, 3.8) is 0 Å². The summed E-state index contributed by atoms with van der Waals surface area (Å²) < 4.78 is 9.41. The molecule has 6 rings (SSSR count). The Kier molecular flexibility index (Phi) is 5.64. The number of hydrogen-bond donors (Lipinski definition) is 0. The largest absolute Gasteiger partial charge is 0.379 e. The highest BCUT2D eigenvalue weighted by Gasteiger charge is 2.26. The summed E-state index contributed by atoms with van der Waals surface area (Å²) in [4.78, 5) is 7.53. The zero-order valence-electron chi connectivity index (χ0n) is 19.5. The van der Waals surface area contributed by atoms with E-state index in [0.717, 1.165) is 50.8 Å². The van der Waals surface area contributed by atoms with E-state index < -0.39 is 0 Å². The maximum atomic E-state index is 5.55. The molecule has 2 aromatic heterocycles. The van der Waals surface area contributed by atoms with Crippen LogP contribution in [-0.2, 0) is 18.8 Å². The number of nitrogens with zero attached hydrogens (tertiary/aromatic N) is 6. The minimum absolute atomic E-state index is 0.825. The Morgan fingerprint density at radius 1 is 0.765 bits per heavy atom. The highest BCUT2D eigenvalue weighted by Crippen LogP contribution is 2.50. The Morgan fingerprint density at radius 2 is 1.32 bits per heavy atom. The molecule has 0 unspecified atom stereocenters. The van der Waals surface area contributed by atoms with E-state index in [1.807, 2.05) is 47.6 Å². The molecule has 174 valence electrons. The Labute approximate surface area is 203 Å². The smallest absolute Gasteiger partial charge is 0.0679 e. The number of rotatable bonds is 5. The molecule has 0 saturated carbocycles. The van der Waals surface area contributed by atoms with Crippen molar-refractivity contribution < 1.29 is 4.74 Å². The summed E-state index contributed by atoms with van der Waals surface area (Å²) in [5.74, 6) is 0. The maximum absolute atomic E-state index is 5.55. The molecule has 1 saturated heterocycles. The first kappa shape index (κ1) is 21.5. The highest BCUT2D eigenvalue weighted by molar-refractivity contribution is 7.99. The van der Waals surface area contributed by atoms with E-state index in [9.17, 15) is 0 Å². The maximum Gasteiger partial charge on any atom is 0.0679 e. The minimum atomic E-state index is 0.825. The van der Waals surface area contributed by atoms with Crippen LogP contribution in [0.3, 0.4) is 0 Å². The van der Waals surface area contributed by atoms with Crippen LogP contribution in [0, 0.1) is 0 Å². The third-order valence-electron chi connectivity index (χ3n) is 6.70. The topological polar surface area (TPSA) is 51.4 Å². The van der Waals surface area contributed by atoms with Gasteiger partial charge in [-0.3, -0.25) is 14.3 Å². The molecule has 2 aromatic carbocycles. The first-order chi connectivity index (χ1) is 16.7. The lowest BCUT2D eigenvalue weighted by atomic mass is 10.1. The van der Waals surface area contributed by atoms with Crippen molar-refractivity contribution >= 4 is 23.1 Å². The molecule has 8 heteroatoms. The van der Waals surface area contributed by atoms with E-state index in [1.54, 1.807) is 0 Å². The molecule has 0 N–H and O–H groups in total. The molecular formula is C26H28N6OS. The number of morpholine rings is 1.